The van der Waals surface area contributed by atoms with E-state index in [0.717, 1.165) is 0 Å². The number of hydrogen-bond acceptors (Lipinski definition) is 5. The van der Waals surface area contributed by atoms with Gasteiger partial charge in [0.1, 0.15) is 5.75 Å². The van der Waals surface area contributed by atoms with Crippen molar-refractivity contribution in [3.05, 3.63) is 0 Å². The summed E-state index contributed by atoms with van der Waals surface area (Å²) >= 11 is 0. The van der Waals surface area contributed by atoms with Crippen LogP contribution in [0, 0.1) is 0 Å². The van der Waals surface area contributed by atoms with Gasteiger partial charge in [-0.25, -0.2) is 8.42 Å². The summed E-state index contributed by atoms with van der Waals surface area (Å²) in [6, 6.07) is -0.515. The zero-order valence-electron chi connectivity index (χ0n) is 10.0. The van der Waals surface area contributed by atoms with E-state index in [4.69, 9.17) is 4.74 Å². The van der Waals surface area contributed by atoms with Crippen molar-refractivity contribution in [1.29, 1.82) is 0 Å². The van der Waals surface area contributed by atoms with E-state index in [1.807, 2.05) is 0 Å². The third-order valence-electron chi connectivity index (χ3n) is 2.72. The average Bonchev–Trinajstić information content (AvgIpc) is 2.20. The van der Waals surface area contributed by atoms with Crippen LogP contribution in [0.2, 0.25) is 0 Å². The van der Waals surface area contributed by atoms with Crippen LogP contribution in [0.5, 0.6) is 0 Å². The molecule has 0 spiro atoms. The fraction of sp³-hybridized carbons (Fsp3) is 0.900. The Morgan fingerprint density at radius 1 is 1.53 bits per heavy atom. The fourth-order valence-electron chi connectivity index (χ4n) is 1.46. The van der Waals surface area contributed by atoms with Crippen molar-refractivity contribution < 1.29 is 23.1 Å². The van der Waals surface area contributed by atoms with Crippen LogP contribution in [-0.2, 0) is 19.4 Å². The molecule has 0 aliphatic carbocycles. The molecule has 100 valence electrons. The summed E-state index contributed by atoms with van der Waals surface area (Å²) in [4.78, 5) is 11.5. The van der Waals surface area contributed by atoms with Crippen LogP contribution in [0.15, 0.2) is 0 Å². The van der Waals surface area contributed by atoms with Crippen LogP contribution in [0.25, 0.3) is 0 Å². The van der Waals surface area contributed by atoms with Crippen LogP contribution in [-0.4, -0.2) is 55.8 Å². The molecule has 0 radical (unpaired) electrons. The van der Waals surface area contributed by atoms with Gasteiger partial charge in [0.05, 0.1) is 24.0 Å². The number of amides is 1. The Hall–Kier alpha value is -0.660. The molecule has 1 fully saturated rings. The second kappa shape index (κ2) is 5.79. The topological polar surface area (TPSA) is 92.7 Å². The Morgan fingerprint density at radius 2 is 2.18 bits per heavy atom. The Kier molecular flexibility index (Phi) is 4.91. The number of rotatable bonds is 4. The molecule has 2 atom stereocenters. The molecule has 1 aliphatic heterocycles. The molecule has 0 aromatic heterocycles. The van der Waals surface area contributed by atoms with E-state index in [1.165, 1.54) is 13.8 Å². The monoisotopic (exact) mass is 265 g/mol. The highest BCUT2D eigenvalue weighted by Crippen LogP contribution is 2.08. The smallest absolute Gasteiger partial charge is 0.235 e. The van der Waals surface area contributed by atoms with Gasteiger partial charge in [-0.05, 0) is 20.3 Å². The second-order valence-electron chi connectivity index (χ2n) is 4.46. The van der Waals surface area contributed by atoms with Gasteiger partial charge in [-0.2, -0.15) is 0 Å². The molecule has 1 rings (SSSR count). The van der Waals surface area contributed by atoms with Gasteiger partial charge < -0.3 is 15.2 Å². The summed E-state index contributed by atoms with van der Waals surface area (Å²) in [6.07, 6.45) is -0.225. The largest absolute Gasteiger partial charge is 0.391 e. The zero-order valence-corrected chi connectivity index (χ0v) is 10.9. The standard InChI is InChI=1S/C10H19NO5S/c1-7(2)17(14,15)6-10(13)11-8-5-16-4-3-9(8)12/h7-9,12H,3-6H2,1-2H3,(H,11,13)/t8-,9-/m1/s1. The first-order valence-electron chi connectivity index (χ1n) is 5.59. The summed E-state index contributed by atoms with van der Waals surface area (Å²) in [6.45, 7) is 3.73. The molecular weight excluding hydrogens is 246 g/mol. The van der Waals surface area contributed by atoms with Crippen LogP contribution >= 0.6 is 0 Å². The first-order valence-corrected chi connectivity index (χ1v) is 7.31. The maximum absolute atomic E-state index is 11.5. The predicted molar refractivity (Wildman–Crippen MR) is 62.3 cm³/mol. The summed E-state index contributed by atoms with van der Waals surface area (Å²) in [5.74, 6) is -1.14. The molecule has 0 unspecified atom stereocenters. The zero-order chi connectivity index (χ0) is 13.1. The normalized spacial score (nSPS) is 25.9. The van der Waals surface area contributed by atoms with Crippen molar-refractivity contribution in [2.24, 2.45) is 0 Å². The van der Waals surface area contributed by atoms with Gasteiger partial charge in [0.2, 0.25) is 5.91 Å². The molecule has 1 amide bonds. The van der Waals surface area contributed by atoms with Gasteiger partial charge >= 0.3 is 0 Å². The number of nitrogens with one attached hydrogen (secondary N) is 1. The average molecular weight is 265 g/mol. The quantitative estimate of drug-likeness (QED) is 0.685. The van der Waals surface area contributed by atoms with Crippen molar-refractivity contribution in [2.45, 2.75) is 37.7 Å². The minimum atomic E-state index is -3.40. The molecule has 6 nitrogen and oxygen atoms in total. The third kappa shape index (κ3) is 4.25. The molecule has 17 heavy (non-hydrogen) atoms. The van der Waals surface area contributed by atoms with Gasteiger partial charge in [0.25, 0.3) is 0 Å². The van der Waals surface area contributed by atoms with Crippen LogP contribution in [0.3, 0.4) is 0 Å². The van der Waals surface area contributed by atoms with E-state index in [1.54, 1.807) is 0 Å². The third-order valence-corrected chi connectivity index (χ3v) is 4.82. The molecule has 0 aromatic carbocycles. The van der Waals surface area contributed by atoms with Crippen LogP contribution in [0.1, 0.15) is 20.3 Å². The number of carbonyl (C=O) groups is 1. The number of sulfone groups is 1. The first kappa shape index (κ1) is 14.4. The number of aliphatic hydroxyl groups is 1. The Morgan fingerprint density at radius 3 is 2.71 bits per heavy atom. The van der Waals surface area contributed by atoms with Crippen molar-refractivity contribution in [3.63, 3.8) is 0 Å². The highest BCUT2D eigenvalue weighted by atomic mass is 32.2. The van der Waals surface area contributed by atoms with E-state index < -0.39 is 38.9 Å². The van der Waals surface area contributed by atoms with E-state index in [2.05, 4.69) is 5.32 Å². The molecule has 2 N–H and O–H groups in total. The molecule has 1 aliphatic rings. The molecule has 1 heterocycles. The second-order valence-corrected chi connectivity index (χ2v) is 7.02. The first-order chi connectivity index (χ1) is 7.83. The molecular formula is C10H19NO5S. The molecule has 0 bridgehead atoms. The summed E-state index contributed by atoms with van der Waals surface area (Å²) < 4.78 is 28.1. The maximum atomic E-state index is 11.5. The minimum Gasteiger partial charge on any atom is -0.391 e. The summed E-state index contributed by atoms with van der Waals surface area (Å²) in [7, 11) is -3.40. The van der Waals surface area contributed by atoms with Gasteiger partial charge in [-0.1, -0.05) is 0 Å². The van der Waals surface area contributed by atoms with Crippen molar-refractivity contribution in [2.75, 3.05) is 19.0 Å². The molecule has 1 saturated heterocycles. The SMILES string of the molecule is CC(C)S(=O)(=O)CC(=O)N[C@@H]1COCC[C@H]1O. The Balaban J connectivity index is 2.49. The molecule has 0 saturated carbocycles. The lowest BCUT2D eigenvalue weighted by molar-refractivity contribution is -0.122. The highest BCUT2D eigenvalue weighted by molar-refractivity contribution is 7.92. The van der Waals surface area contributed by atoms with Crippen molar-refractivity contribution in [3.8, 4) is 0 Å². The summed E-state index contributed by atoms with van der Waals surface area (Å²) in [5.41, 5.74) is 0. The maximum Gasteiger partial charge on any atom is 0.235 e. The number of ether oxygens (including phenoxy) is 1. The lowest BCUT2D eigenvalue weighted by Gasteiger charge is -2.28. The Bertz CT molecular complexity index is 365. The lowest BCUT2D eigenvalue weighted by atomic mass is 10.1. The fourth-order valence-corrected chi connectivity index (χ4v) is 2.24. The minimum absolute atomic E-state index is 0.217. The lowest BCUT2D eigenvalue weighted by Crippen LogP contribution is -2.51. The van der Waals surface area contributed by atoms with Gasteiger partial charge in [-0.3, -0.25) is 4.79 Å². The van der Waals surface area contributed by atoms with E-state index >= 15 is 0 Å². The van der Waals surface area contributed by atoms with Gasteiger partial charge in [0.15, 0.2) is 9.84 Å². The van der Waals surface area contributed by atoms with Gasteiger partial charge in [0, 0.05) is 6.61 Å². The van der Waals surface area contributed by atoms with Crippen molar-refractivity contribution >= 4 is 15.7 Å². The molecule has 7 heteroatoms. The summed E-state index contributed by atoms with van der Waals surface area (Å²) in [5, 5.41) is 11.5. The highest BCUT2D eigenvalue weighted by Gasteiger charge is 2.27. The van der Waals surface area contributed by atoms with Crippen molar-refractivity contribution in [1.82, 2.24) is 5.32 Å². The van der Waals surface area contributed by atoms with E-state index in [-0.39, 0.29) is 6.61 Å². The Labute approximate surface area is 101 Å². The van der Waals surface area contributed by atoms with Crippen LogP contribution in [0.4, 0.5) is 0 Å². The van der Waals surface area contributed by atoms with Crippen LogP contribution < -0.4 is 5.32 Å². The predicted octanol–water partition coefficient (Wildman–Crippen LogP) is -0.924. The number of hydrogen-bond donors (Lipinski definition) is 2. The van der Waals surface area contributed by atoms with Gasteiger partial charge in [-0.15, -0.1) is 0 Å². The number of aliphatic hydroxyl groups excluding tert-OH is 1. The molecule has 0 aromatic rings. The van der Waals surface area contributed by atoms with E-state index in [9.17, 15) is 18.3 Å². The number of carbonyl (C=O) groups excluding carboxylic acids is 1. The van der Waals surface area contributed by atoms with E-state index in [0.29, 0.717) is 13.0 Å².